The van der Waals surface area contributed by atoms with Gasteiger partial charge in [0.05, 0.1) is 6.21 Å². The highest BCUT2D eigenvalue weighted by Crippen LogP contribution is 2.29. The molecular formula is C23H20FN3O. The Kier molecular flexibility index (Phi) is 4.89. The summed E-state index contributed by atoms with van der Waals surface area (Å²) in [5, 5.41) is 3.95. The Morgan fingerprint density at radius 2 is 1.71 bits per heavy atom. The molecule has 0 bridgehead atoms. The summed E-state index contributed by atoms with van der Waals surface area (Å²) in [5.41, 5.74) is 8.60. The first-order valence-electron chi connectivity index (χ1n) is 9.11. The van der Waals surface area contributed by atoms with Crippen LogP contribution in [-0.4, -0.2) is 12.1 Å². The van der Waals surface area contributed by atoms with Crippen LogP contribution in [0.1, 0.15) is 32.6 Å². The van der Waals surface area contributed by atoms with Crippen LogP contribution < -0.4 is 10.3 Å². The molecule has 1 aliphatic rings. The molecule has 4 nitrogen and oxygen atoms in total. The quantitative estimate of drug-likeness (QED) is 0.544. The molecule has 0 fully saturated rings. The first-order chi connectivity index (χ1) is 13.6. The summed E-state index contributed by atoms with van der Waals surface area (Å²) in [5.74, 6) is -0.575. The minimum atomic E-state index is -0.306. The number of hydrazone groups is 1. The van der Waals surface area contributed by atoms with E-state index in [0.29, 0.717) is 11.1 Å². The lowest BCUT2D eigenvalue weighted by Gasteiger charge is -2.17. The van der Waals surface area contributed by atoms with Crippen molar-refractivity contribution in [3.8, 4) is 0 Å². The van der Waals surface area contributed by atoms with Crippen LogP contribution in [-0.2, 0) is 13.1 Å². The van der Waals surface area contributed by atoms with Crippen LogP contribution in [0.2, 0.25) is 0 Å². The fourth-order valence-corrected chi connectivity index (χ4v) is 3.25. The Hall–Kier alpha value is -3.47. The topological polar surface area (TPSA) is 44.7 Å². The van der Waals surface area contributed by atoms with Gasteiger partial charge < -0.3 is 4.90 Å². The Bertz CT molecular complexity index is 1030. The van der Waals surface area contributed by atoms with E-state index < -0.39 is 0 Å². The van der Waals surface area contributed by atoms with Crippen LogP contribution in [0.15, 0.2) is 71.8 Å². The molecule has 3 aromatic carbocycles. The van der Waals surface area contributed by atoms with Gasteiger partial charge in [-0.1, -0.05) is 35.9 Å². The molecular weight excluding hydrogens is 353 g/mol. The monoisotopic (exact) mass is 373 g/mol. The van der Waals surface area contributed by atoms with Crippen LogP contribution in [0.3, 0.4) is 0 Å². The molecule has 1 amide bonds. The maximum atomic E-state index is 12.9. The summed E-state index contributed by atoms with van der Waals surface area (Å²) in [4.78, 5) is 14.7. The fourth-order valence-electron chi connectivity index (χ4n) is 3.25. The number of nitrogens with zero attached hydrogens (tertiary/aromatic N) is 2. The normalized spacial score (nSPS) is 13.0. The molecule has 28 heavy (non-hydrogen) atoms. The Balaban J connectivity index is 1.42. The van der Waals surface area contributed by atoms with Gasteiger partial charge in [-0.15, -0.1) is 0 Å². The number of halogens is 1. The van der Waals surface area contributed by atoms with Gasteiger partial charge in [-0.05, 0) is 60.0 Å². The highest BCUT2D eigenvalue weighted by Gasteiger charge is 2.20. The van der Waals surface area contributed by atoms with Gasteiger partial charge in [0.25, 0.3) is 5.91 Å². The van der Waals surface area contributed by atoms with Crippen LogP contribution in [0.4, 0.5) is 10.1 Å². The number of carbonyl (C=O) groups is 1. The number of rotatable bonds is 4. The van der Waals surface area contributed by atoms with Crippen molar-refractivity contribution < 1.29 is 9.18 Å². The number of carbonyl (C=O) groups excluding carboxylic acids is 1. The van der Waals surface area contributed by atoms with E-state index in [9.17, 15) is 9.18 Å². The molecule has 0 spiro atoms. The van der Waals surface area contributed by atoms with Gasteiger partial charge in [-0.3, -0.25) is 4.79 Å². The first-order valence-corrected chi connectivity index (χ1v) is 9.11. The maximum absolute atomic E-state index is 12.9. The zero-order valence-corrected chi connectivity index (χ0v) is 15.5. The number of hydrogen-bond donors (Lipinski definition) is 1. The van der Waals surface area contributed by atoms with Gasteiger partial charge >= 0.3 is 0 Å². The van der Waals surface area contributed by atoms with E-state index in [4.69, 9.17) is 0 Å². The SMILES string of the molecule is Cc1ccc(N2Cc3ccc(C(=O)N/N=C/c4ccc(F)cc4)cc3C2)cc1. The third-order valence-corrected chi connectivity index (χ3v) is 4.84. The Morgan fingerprint density at radius 1 is 1.00 bits per heavy atom. The van der Waals surface area contributed by atoms with E-state index >= 15 is 0 Å². The summed E-state index contributed by atoms with van der Waals surface area (Å²) in [7, 11) is 0. The first kappa shape index (κ1) is 17.9. The smallest absolute Gasteiger partial charge is 0.271 e. The number of hydrogen-bond acceptors (Lipinski definition) is 3. The molecule has 140 valence electrons. The van der Waals surface area contributed by atoms with E-state index in [1.54, 1.807) is 12.1 Å². The Labute approximate surface area is 163 Å². The second kappa shape index (κ2) is 7.64. The number of nitrogens with one attached hydrogen (secondary N) is 1. The van der Waals surface area contributed by atoms with Gasteiger partial charge in [0.15, 0.2) is 0 Å². The zero-order chi connectivity index (χ0) is 19.5. The van der Waals surface area contributed by atoms with Crippen molar-refractivity contribution in [3.05, 3.63) is 100 Å². The van der Waals surface area contributed by atoms with Crippen molar-refractivity contribution in [2.24, 2.45) is 5.10 Å². The Morgan fingerprint density at radius 3 is 2.46 bits per heavy atom. The predicted molar refractivity (Wildman–Crippen MR) is 109 cm³/mol. The summed E-state index contributed by atoms with van der Waals surface area (Å²) in [6, 6.07) is 20.1. The van der Waals surface area contributed by atoms with Gasteiger partial charge in [0, 0.05) is 24.3 Å². The van der Waals surface area contributed by atoms with E-state index in [-0.39, 0.29) is 11.7 Å². The fraction of sp³-hybridized carbons (Fsp3) is 0.130. The van der Waals surface area contributed by atoms with Gasteiger partial charge in [-0.25, -0.2) is 9.82 Å². The molecule has 4 rings (SSSR count). The summed E-state index contributed by atoms with van der Waals surface area (Å²) >= 11 is 0. The van der Waals surface area contributed by atoms with E-state index in [0.717, 1.165) is 18.7 Å². The van der Waals surface area contributed by atoms with Gasteiger partial charge in [-0.2, -0.15) is 5.10 Å². The predicted octanol–water partition coefficient (Wildman–Crippen LogP) is 4.42. The lowest BCUT2D eigenvalue weighted by molar-refractivity contribution is 0.0955. The molecule has 0 aliphatic carbocycles. The van der Waals surface area contributed by atoms with Crippen molar-refractivity contribution in [1.82, 2.24) is 5.43 Å². The zero-order valence-electron chi connectivity index (χ0n) is 15.5. The van der Waals surface area contributed by atoms with Crippen LogP contribution in [0, 0.1) is 12.7 Å². The van der Waals surface area contributed by atoms with Crippen LogP contribution in [0.5, 0.6) is 0 Å². The number of aryl methyl sites for hydroxylation is 1. The largest absolute Gasteiger partial charge is 0.363 e. The maximum Gasteiger partial charge on any atom is 0.271 e. The molecule has 0 aromatic heterocycles. The van der Waals surface area contributed by atoms with Gasteiger partial charge in [0.2, 0.25) is 0 Å². The van der Waals surface area contributed by atoms with Crippen molar-refractivity contribution in [2.75, 3.05) is 4.90 Å². The van der Waals surface area contributed by atoms with Gasteiger partial charge in [0.1, 0.15) is 5.82 Å². The number of anilines is 1. The van der Waals surface area contributed by atoms with Crippen LogP contribution >= 0.6 is 0 Å². The molecule has 0 saturated carbocycles. The standard InChI is InChI=1S/C23H20FN3O/c1-16-2-10-22(11-3-16)27-14-19-7-6-18(12-20(19)15-27)23(28)26-25-13-17-4-8-21(24)9-5-17/h2-13H,14-15H2,1H3,(H,26,28)/b25-13+. The third kappa shape index (κ3) is 3.93. The minimum absolute atomic E-state index is 0.269. The van der Waals surface area contributed by atoms with Crippen molar-refractivity contribution in [1.29, 1.82) is 0 Å². The highest BCUT2D eigenvalue weighted by atomic mass is 19.1. The van der Waals surface area contributed by atoms with E-state index in [2.05, 4.69) is 46.6 Å². The van der Waals surface area contributed by atoms with Crippen molar-refractivity contribution in [3.63, 3.8) is 0 Å². The minimum Gasteiger partial charge on any atom is -0.363 e. The summed E-state index contributed by atoms with van der Waals surface area (Å²) < 4.78 is 12.9. The number of amides is 1. The molecule has 1 aliphatic heterocycles. The van der Waals surface area contributed by atoms with Crippen molar-refractivity contribution in [2.45, 2.75) is 20.0 Å². The molecule has 0 radical (unpaired) electrons. The molecule has 1 heterocycles. The second-order valence-corrected chi connectivity index (χ2v) is 6.93. The molecule has 5 heteroatoms. The summed E-state index contributed by atoms with van der Waals surface area (Å²) in [6.45, 7) is 3.69. The molecule has 0 unspecified atom stereocenters. The summed E-state index contributed by atoms with van der Waals surface area (Å²) in [6.07, 6.45) is 1.49. The van der Waals surface area contributed by atoms with E-state index in [1.165, 1.54) is 35.2 Å². The average molecular weight is 373 g/mol. The number of fused-ring (bicyclic) bond motifs is 1. The molecule has 3 aromatic rings. The number of benzene rings is 3. The average Bonchev–Trinajstić information content (AvgIpc) is 3.13. The highest BCUT2D eigenvalue weighted by molar-refractivity contribution is 5.95. The molecule has 1 N–H and O–H groups in total. The van der Waals surface area contributed by atoms with Crippen LogP contribution in [0.25, 0.3) is 0 Å². The lowest BCUT2D eigenvalue weighted by Crippen LogP contribution is -2.17. The third-order valence-electron chi connectivity index (χ3n) is 4.84. The lowest BCUT2D eigenvalue weighted by atomic mass is 10.1. The van der Waals surface area contributed by atoms with Crippen molar-refractivity contribution >= 4 is 17.8 Å². The molecule has 0 saturated heterocycles. The van der Waals surface area contributed by atoms with E-state index in [1.807, 2.05) is 18.2 Å². The molecule has 0 atom stereocenters. The second-order valence-electron chi connectivity index (χ2n) is 6.93.